The van der Waals surface area contributed by atoms with E-state index in [0.29, 0.717) is 0 Å². The number of likely N-dealkylation sites (tertiary alicyclic amines) is 1. The van der Waals surface area contributed by atoms with Crippen molar-refractivity contribution in [3.05, 3.63) is 17.5 Å². The van der Waals surface area contributed by atoms with Crippen LogP contribution in [-0.4, -0.2) is 32.9 Å². The molecular weight excluding hydrogens is 254 g/mol. The van der Waals surface area contributed by atoms with Crippen molar-refractivity contribution in [2.75, 3.05) is 6.54 Å². The van der Waals surface area contributed by atoms with Crippen LogP contribution in [0, 0.1) is 0 Å². The van der Waals surface area contributed by atoms with Gasteiger partial charge < -0.3 is 4.74 Å². The molecule has 2 rings (SSSR count). The highest BCUT2D eigenvalue weighted by atomic mass is 16.6. The van der Waals surface area contributed by atoms with Gasteiger partial charge in [-0.05, 0) is 46.1 Å². The maximum atomic E-state index is 12.3. The van der Waals surface area contributed by atoms with Gasteiger partial charge in [-0.15, -0.1) is 0 Å². The van der Waals surface area contributed by atoms with Gasteiger partial charge in [-0.1, -0.05) is 6.92 Å². The molecule has 1 atom stereocenters. The van der Waals surface area contributed by atoms with Gasteiger partial charge in [0.25, 0.3) is 0 Å². The van der Waals surface area contributed by atoms with Crippen LogP contribution in [0.5, 0.6) is 0 Å². The van der Waals surface area contributed by atoms with Gasteiger partial charge in [0, 0.05) is 19.3 Å². The zero-order valence-corrected chi connectivity index (χ0v) is 13.1. The third-order valence-electron chi connectivity index (χ3n) is 3.58. The number of ether oxygens (including phenoxy) is 1. The van der Waals surface area contributed by atoms with Crippen LogP contribution in [-0.2, 0) is 18.2 Å². The van der Waals surface area contributed by atoms with E-state index in [1.807, 2.05) is 37.4 Å². The molecule has 1 fully saturated rings. The molecule has 5 nitrogen and oxygen atoms in total. The Bertz CT molecular complexity index is 488. The summed E-state index contributed by atoms with van der Waals surface area (Å²) in [6, 6.07) is 2.16. The zero-order chi connectivity index (χ0) is 14.9. The van der Waals surface area contributed by atoms with Crippen molar-refractivity contribution in [2.45, 2.75) is 58.6 Å². The molecule has 0 bridgehead atoms. The monoisotopic (exact) mass is 279 g/mol. The van der Waals surface area contributed by atoms with Crippen LogP contribution < -0.4 is 0 Å². The lowest BCUT2D eigenvalue weighted by Crippen LogP contribution is -2.36. The molecule has 112 valence electrons. The van der Waals surface area contributed by atoms with Crippen LogP contribution in [0.15, 0.2) is 6.07 Å². The first-order chi connectivity index (χ1) is 9.31. The molecule has 0 saturated carbocycles. The van der Waals surface area contributed by atoms with Crippen LogP contribution in [0.2, 0.25) is 0 Å². The molecule has 0 aromatic carbocycles. The fourth-order valence-corrected chi connectivity index (χ4v) is 2.64. The number of nitrogens with zero attached hydrogens (tertiary/aromatic N) is 3. The second kappa shape index (κ2) is 5.46. The summed E-state index contributed by atoms with van der Waals surface area (Å²) in [5.74, 6) is 0. The minimum Gasteiger partial charge on any atom is -0.444 e. The summed E-state index contributed by atoms with van der Waals surface area (Å²) in [5.41, 5.74) is 1.71. The summed E-state index contributed by atoms with van der Waals surface area (Å²) in [7, 11) is 1.95. The second-order valence-corrected chi connectivity index (χ2v) is 6.37. The average molecular weight is 279 g/mol. The van der Waals surface area contributed by atoms with E-state index >= 15 is 0 Å². The number of amides is 1. The Hall–Kier alpha value is -1.52. The first-order valence-electron chi connectivity index (χ1n) is 7.34. The highest BCUT2D eigenvalue weighted by Crippen LogP contribution is 2.32. The fraction of sp³-hybridized carbons (Fsp3) is 0.733. The number of hydrogen-bond donors (Lipinski definition) is 0. The van der Waals surface area contributed by atoms with Gasteiger partial charge in [-0.25, -0.2) is 4.79 Å². The van der Waals surface area contributed by atoms with Crippen molar-refractivity contribution in [2.24, 2.45) is 7.05 Å². The summed E-state index contributed by atoms with van der Waals surface area (Å²) >= 11 is 0. The summed E-state index contributed by atoms with van der Waals surface area (Å²) in [6.07, 6.45) is 2.67. The Morgan fingerprint density at radius 1 is 1.50 bits per heavy atom. The third kappa shape index (κ3) is 3.14. The van der Waals surface area contributed by atoms with E-state index in [1.54, 1.807) is 0 Å². The SMILES string of the molecule is CCc1cc(C2CCCN2C(=O)OC(C)(C)C)nn1C. The van der Waals surface area contributed by atoms with Crippen molar-refractivity contribution in [3.8, 4) is 0 Å². The normalized spacial score (nSPS) is 19.4. The van der Waals surface area contributed by atoms with Crippen molar-refractivity contribution in [1.29, 1.82) is 0 Å². The highest BCUT2D eigenvalue weighted by Gasteiger charge is 2.34. The fourth-order valence-electron chi connectivity index (χ4n) is 2.64. The Morgan fingerprint density at radius 2 is 2.20 bits per heavy atom. The Balaban J connectivity index is 2.16. The number of aromatic nitrogens is 2. The molecule has 0 radical (unpaired) electrons. The van der Waals surface area contributed by atoms with E-state index in [-0.39, 0.29) is 12.1 Å². The lowest BCUT2D eigenvalue weighted by atomic mass is 10.1. The van der Waals surface area contributed by atoms with Gasteiger partial charge in [0.15, 0.2) is 0 Å². The highest BCUT2D eigenvalue weighted by molar-refractivity contribution is 5.69. The van der Waals surface area contributed by atoms with Crippen molar-refractivity contribution in [3.63, 3.8) is 0 Å². The summed E-state index contributed by atoms with van der Waals surface area (Å²) in [6.45, 7) is 8.54. The quantitative estimate of drug-likeness (QED) is 0.836. The first-order valence-corrected chi connectivity index (χ1v) is 7.34. The maximum absolute atomic E-state index is 12.3. The molecule has 1 saturated heterocycles. The lowest BCUT2D eigenvalue weighted by molar-refractivity contribution is 0.0221. The largest absolute Gasteiger partial charge is 0.444 e. The van der Waals surface area contributed by atoms with Crippen LogP contribution >= 0.6 is 0 Å². The second-order valence-electron chi connectivity index (χ2n) is 6.37. The summed E-state index contributed by atoms with van der Waals surface area (Å²) in [5, 5.41) is 4.56. The number of carbonyl (C=O) groups is 1. The molecule has 1 aromatic rings. The number of rotatable bonds is 2. The molecule has 0 N–H and O–H groups in total. The van der Waals surface area contributed by atoms with E-state index in [9.17, 15) is 4.79 Å². The molecule has 0 spiro atoms. The Morgan fingerprint density at radius 3 is 2.75 bits per heavy atom. The molecular formula is C15H25N3O2. The lowest BCUT2D eigenvalue weighted by Gasteiger charge is -2.27. The van der Waals surface area contributed by atoms with E-state index in [1.165, 1.54) is 5.69 Å². The predicted octanol–water partition coefficient (Wildman–Crippen LogP) is 3.05. The van der Waals surface area contributed by atoms with Gasteiger partial charge in [0.05, 0.1) is 11.7 Å². The van der Waals surface area contributed by atoms with Crippen LogP contribution in [0.4, 0.5) is 4.79 Å². The van der Waals surface area contributed by atoms with E-state index in [4.69, 9.17) is 4.74 Å². The molecule has 2 heterocycles. The maximum Gasteiger partial charge on any atom is 0.410 e. The molecule has 1 aromatic heterocycles. The van der Waals surface area contributed by atoms with Gasteiger partial charge in [0.1, 0.15) is 5.60 Å². The first kappa shape index (κ1) is 14.9. The number of hydrogen-bond acceptors (Lipinski definition) is 3. The number of aryl methyl sites for hydroxylation is 2. The predicted molar refractivity (Wildman–Crippen MR) is 77.5 cm³/mol. The molecule has 1 aliphatic heterocycles. The smallest absolute Gasteiger partial charge is 0.410 e. The van der Waals surface area contributed by atoms with Crippen LogP contribution in [0.1, 0.15) is 58.0 Å². The standard InChI is InChI=1S/C15H25N3O2/c1-6-11-10-12(16-17(11)5)13-8-7-9-18(13)14(19)20-15(2,3)4/h10,13H,6-9H2,1-5H3. The van der Waals surface area contributed by atoms with Gasteiger partial charge >= 0.3 is 6.09 Å². The molecule has 1 aliphatic rings. The van der Waals surface area contributed by atoms with Crippen LogP contribution in [0.25, 0.3) is 0 Å². The molecule has 1 unspecified atom stereocenters. The number of carbonyl (C=O) groups excluding carboxylic acids is 1. The third-order valence-corrected chi connectivity index (χ3v) is 3.58. The topological polar surface area (TPSA) is 47.4 Å². The van der Waals surface area contributed by atoms with Crippen molar-refractivity contribution in [1.82, 2.24) is 14.7 Å². The Labute approximate surface area is 120 Å². The van der Waals surface area contributed by atoms with Gasteiger partial charge in [-0.3, -0.25) is 9.58 Å². The molecule has 1 amide bonds. The summed E-state index contributed by atoms with van der Waals surface area (Å²) < 4.78 is 7.39. The Kier molecular flexibility index (Phi) is 4.06. The minimum absolute atomic E-state index is 0.0522. The average Bonchev–Trinajstić information content (AvgIpc) is 2.92. The van der Waals surface area contributed by atoms with Gasteiger partial charge in [-0.2, -0.15) is 5.10 Å². The summed E-state index contributed by atoms with van der Waals surface area (Å²) in [4.78, 5) is 14.1. The van der Waals surface area contributed by atoms with Crippen molar-refractivity contribution >= 4 is 6.09 Å². The van der Waals surface area contributed by atoms with E-state index in [2.05, 4.69) is 18.1 Å². The van der Waals surface area contributed by atoms with Gasteiger partial charge in [0.2, 0.25) is 0 Å². The van der Waals surface area contributed by atoms with E-state index in [0.717, 1.165) is 31.5 Å². The molecule has 20 heavy (non-hydrogen) atoms. The molecule has 5 heteroatoms. The van der Waals surface area contributed by atoms with Crippen molar-refractivity contribution < 1.29 is 9.53 Å². The van der Waals surface area contributed by atoms with E-state index < -0.39 is 5.60 Å². The molecule has 0 aliphatic carbocycles. The zero-order valence-electron chi connectivity index (χ0n) is 13.1. The minimum atomic E-state index is -0.455. The van der Waals surface area contributed by atoms with Crippen LogP contribution in [0.3, 0.4) is 0 Å².